The third kappa shape index (κ3) is 4.09. The Labute approximate surface area is 187 Å². The maximum atomic E-state index is 13.1. The van der Waals surface area contributed by atoms with Crippen molar-refractivity contribution in [2.24, 2.45) is 0 Å². The summed E-state index contributed by atoms with van der Waals surface area (Å²) in [5, 5.41) is 2.23. The first-order valence-electron chi connectivity index (χ1n) is 9.59. The molecule has 2 heterocycles. The van der Waals surface area contributed by atoms with Crippen LogP contribution in [0, 0.1) is 20.8 Å². The van der Waals surface area contributed by atoms with Gasteiger partial charge in [0.2, 0.25) is 0 Å². The van der Waals surface area contributed by atoms with E-state index >= 15 is 0 Å². The van der Waals surface area contributed by atoms with Gasteiger partial charge in [0.05, 0.1) is 5.69 Å². The van der Waals surface area contributed by atoms with Crippen LogP contribution in [0.25, 0.3) is 17.4 Å². The summed E-state index contributed by atoms with van der Waals surface area (Å²) in [6.07, 6.45) is 1.35. The predicted octanol–water partition coefficient (Wildman–Crippen LogP) is 5.30. The number of hydrogen-bond donors (Lipinski definition) is 1. The Morgan fingerprint density at radius 3 is 2.29 bits per heavy atom. The van der Waals surface area contributed by atoms with Crippen LogP contribution >= 0.6 is 15.9 Å². The first-order chi connectivity index (χ1) is 14.7. The van der Waals surface area contributed by atoms with E-state index in [0.29, 0.717) is 17.2 Å². The lowest BCUT2D eigenvalue weighted by atomic mass is 10.1. The number of hydrogen-bond acceptors (Lipinski definition) is 4. The molecular weight excluding hydrogens is 460 g/mol. The molecule has 31 heavy (non-hydrogen) atoms. The summed E-state index contributed by atoms with van der Waals surface area (Å²) in [5.74, 6) is -0.543. The van der Waals surface area contributed by atoms with Crippen LogP contribution in [0.1, 0.15) is 22.5 Å². The number of rotatable bonds is 3. The number of benzene rings is 2. The highest BCUT2D eigenvalue weighted by atomic mass is 79.9. The van der Waals surface area contributed by atoms with Gasteiger partial charge in [-0.1, -0.05) is 28.1 Å². The largest absolute Gasteiger partial charge is 0.457 e. The number of halogens is 1. The maximum Gasteiger partial charge on any atom is 0.335 e. The second-order valence-electron chi connectivity index (χ2n) is 7.49. The number of barbiturate groups is 1. The van der Waals surface area contributed by atoms with Gasteiger partial charge in [-0.3, -0.25) is 14.9 Å². The van der Waals surface area contributed by atoms with Crippen molar-refractivity contribution in [3.05, 3.63) is 81.0 Å². The van der Waals surface area contributed by atoms with E-state index in [1.165, 1.54) is 6.08 Å². The lowest BCUT2D eigenvalue weighted by molar-refractivity contribution is -0.122. The fourth-order valence-corrected chi connectivity index (χ4v) is 4.20. The van der Waals surface area contributed by atoms with E-state index in [1.54, 1.807) is 24.3 Å². The van der Waals surface area contributed by atoms with E-state index in [2.05, 4.69) is 21.2 Å². The van der Waals surface area contributed by atoms with Gasteiger partial charge in [0, 0.05) is 10.0 Å². The number of nitrogens with one attached hydrogen (secondary N) is 1. The highest BCUT2D eigenvalue weighted by molar-refractivity contribution is 9.10. The van der Waals surface area contributed by atoms with Crippen molar-refractivity contribution in [2.45, 2.75) is 20.8 Å². The average molecular weight is 479 g/mol. The number of nitrogens with zero attached hydrogens (tertiary/aromatic N) is 1. The van der Waals surface area contributed by atoms with Crippen molar-refractivity contribution in [3.8, 4) is 11.3 Å². The van der Waals surface area contributed by atoms with Crippen molar-refractivity contribution in [1.29, 1.82) is 0 Å². The van der Waals surface area contributed by atoms with E-state index in [4.69, 9.17) is 4.42 Å². The van der Waals surface area contributed by atoms with Gasteiger partial charge in [-0.2, -0.15) is 0 Å². The number of aryl methyl sites for hydroxylation is 3. The van der Waals surface area contributed by atoms with Gasteiger partial charge in [0.25, 0.3) is 11.8 Å². The third-order valence-electron chi connectivity index (χ3n) is 4.87. The molecule has 1 aliphatic rings. The molecule has 4 amide bonds. The Morgan fingerprint density at radius 1 is 0.903 bits per heavy atom. The Morgan fingerprint density at radius 2 is 1.61 bits per heavy atom. The van der Waals surface area contributed by atoms with Crippen LogP contribution in [-0.2, 0) is 9.59 Å². The lowest BCUT2D eigenvalue weighted by Gasteiger charge is -2.26. The molecular formula is C24H19BrN2O4. The molecule has 0 spiro atoms. The molecule has 0 aliphatic carbocycles. The van der Waals surface area contributed by atoms with Crippen LogP contribution in [0.15, 0.2) is 63.0 Å². The highest BCUT2D eigenvalue weighted by Crippen LogP contribution is 2.31. The molecule has 156 valence electrons. The molecule has 6 nitrogen and oxygen atoms in total. The Kier molecular flexibility index (Phi) is 5.37. The van der Waals surface area contributed by atoms with Gasteiger partial charge in [0.1, 0.15) is 17.1 Å². The van der Waals surface area contributed by atoms with Gasteiger partial charge in [-0.25, -0.2) is 9.69 Å². The minimum absolute atomic E-state index is 0.178. The molecule has 0 atom stereocenters. The molecule has 3 aromatic rings. The summed E-state index contributed by atoms with van der Waals surface area (Å²) in [4.78, 5) is 38.8. The van der Waals surface area contributed by atoms with Crippen molar-refractivity contribution < 1.29 is 18.8 Å². The van der Waals surface area contributed by atoms with Gasteiger partial charge in [-0.15, -0.1) is 0 Å². The standard InChI is InChI=1S/C24H19BrN2O4/c1-13-4-6-18(20(25)11-13)21-7-5-17(31-21)12-19-22(28)26-24(30)27(23(19)29)16-9-14(2)8-15(3)10-16/h4-12H,1-3H3,(H,26,28,30)/b19-12-. The molecule has 1 aromatic heterocycles. The monoisotopic (exact) mass is 478 g/mol. The van der Waals surface area contributed by atoms with Crippen molar-refractivity contribution >= 4 is 45.5 Å². The predicted molar refractivity (Wildman–Crippen MR) is 121 cm³/mol. The second-order valence-corrected chi connectivity index (χ2v) is 8.34. The third-order valence-corrected chi connectivity index (χ3v) is 5.53. The fourth-order valence-electron chi connectivity index (χ4n) is 3.51. The van der Waals surface area contributed by atoms with Gasteiger partial charge in [-0.05, 0) is 79.9 Å². The molecule has 0 radical (unpaired) electrons. The molecule has 2 aromatic carbocycles. The number of furan rings is 1. The fraction of sp³-hybridized carbons (Fsp3) is 0.125. The maximum absolute atomic E-state index is 13.1. The summed E-state index contributed by atoms with van der Waals surface area (Å²) in [6.45, 7) is 5.74. The number of amides is 4. The Bertz CT molecular complexity index is 1250. The number of carbonyl (C=O) groups is 3. The topological polar surface area (TPSA) is 79.6 Å². The highest BCUT2D eigenvalue weighted by Gasteiger charge is 2.37. The summed E-state index contributed by atoms with van der Waals surface area (Å²) >= 11 is 3.52. The molecule has 4 rings (SSSR count). The molecule has 0 saturated carbocycles. The van der Waals surface area contributed by atoms with Crippen LogP contribution in [0.3, 0.4) is 0 Å². The van der Waals surface area contributed by atoms with Gasteiger partial charge >= 0.3 is 6.03 Å². The Balaban J connectivity index is 1.70. The minimum atomic E-state index is -0.777. The molecule has 0 unspecified atom stereocenters. The van der Waals surface area contributed by atoms with Gasteiger partial charge in [0.15, 0.2) is 0 Å². The van der Waals surface area contributed by atoms with E-state index in [1.807, 2.05) is 45.0 Å². The molecule has 1 aliphatic heterocycles. The number of urea groups is 1. The molecule has 0 bridgehead atoms. The lowest BCUT2D eigenvalue weighted by Crippen LogP contribution is -2.54. The quantitative estimate of drug-likeness (QED) is 0.409. The van der Waals surface area contributed by atoms with Crippen LogP contribution in [0.2, 0.25) is 0 Å². The van der Waals surface area contributed by atoms with E-state index in [-0.39, 0.29) is 5.57 Å². The number of anilines is 1. The number of carbonyl (C=O) groups excluding carboxylic acids is 3. The van der Waals surface area contributed by atoms with E-state index in [0.717, 1.165) is 31.6 Å². The van der Waals surface area contributed by atoms with Crippen LogP contribution in [-0.4, -0.2) is 17.8 Å². The second kappa shape index (κ2) is 8.00. The summed E-state index contributed by atoms with van der Waals surface area (Å²) in [5.41, 5.74) is 3.98. The van der Waals surface area contributed by atoms with Gasteiger partial charge < -0.3 is 4.42 Å². The normalized spacial score (nSPS) is 15.5. The molecule has 1 N–H and O–H groups in total. The smallest absolute Gasteiger partial charge is 0.335 e. The number of imide groups is 2. The minimum Gasteiger partial charge on any atom is -0.457 e. The summed E-state index contributed by atoms with van der Waals surface area (Å²) in [7, 11) is 0. The zero-order valence-corrected chi connectivity index (χ0v) is 18.7. The van der Waals surface area contributed by atoms with E-state index < -0.39 is 17.8 Å². The first kappa shape index (κ1) is 20.8. The zero-order chi connectivity index (χ0) is 22.3. The SMILES string of the molecule is Cc1cc(C)cc(N2C(=O)NC(=O)/C(=C/c3ccc(-c4ccc(C)cc4Br)o3)C2=O)c1. The average Bonchev–Trinajstić information content (AvgIpc) is 3.12. The van der Waals surface area contributed by atoms with Crippen LogP contribution in [0.4, 0.5) is 10.5 Å². The van der Waals surface area contributed by atoms with Crippen LogP contribution in [0.5, 0.6) is 0 Å². The summed E-state index contributed by atoms with van der Waals surface area (Å²) < 4.78 is 6.73. The molecule has 1 saturated heterocycles. The first-order valence-corrected chi connectivity index (χ1v) is 10.4. The van der Waals surface area contributed by atoms with Crippen molar-refractivity contribution in [1.82, 2.24) is 5.32 Å². The van der Waals surface area contributed by atoms with Crippen LogP contribution < -0.4 is 10.2 Å². The van der Waals surface area contributed by atoms with E-state index in [9.17, 15) is 14.4 Å². The molecule has 7 heteroatoms. The summed E-state index contributed by atoms with van der Waals surface area (Å²) in [6, 6.07) is 13.9. The zero-order valence-electron chi connectivity index (χ0n) is 17.2. The van der Waals surface area contributed by atoms with Crippen molar-refractivity contribution in [2.75, 3.05) is 4.90 Å². The molecule has 1 fully saturated rings. The Hall–Kier alpha value is -3.45. The van der Waals surface area contributed by atoms with Crippen molar-refractivity contribution in [3.63, 3.8) is 0 Å².